The van der Waals surface area contributed by atoms with Gasteiger partial charge in [-0.3, -0.25) is 9.59 Å². The minimum Gasteiger partial charge on any atom is -0.497 e. The highest BCUT2D eigenvalue weighted by Crippen LogP contribution is 2.17. The summed E-state index contributed by atoms with van der Waals surface area (Å²) in [6.07, 6.45) is 0.894. The number of carbonyl (C=O) groups is 2. The van der Waals surface area contributed by atoms with Crippen LogP contribution in [0.5, 0.6) is 5.75 Å². The summed E-state index contributed by atoms with van der Waals surface area (Å²) in [4.78, 5) is 27.2. The van der Waals surface area contributed by atoms with Crippen molar-refractivity contribution in [3.8, 4) is 5.75 Å². The molecule has 0 radical (unpaired) electrons. The highest BCUT2D eigenvalue weighted by atomic mass is 19.1. The molecular weight excluding hydrogens is 371 g/mol. The van der Waals surface area contributed by atoms with Crippen molar-refractivity contribution < 1.29 is 18.7 Å². The van der Waals surface area contributed by atoms with Crippen molar-refractivity contribution in [2.75, 3.05) is 7.11 Å². The van der Waals surface area contributed by atoms with Crippen LogP contribution in [0, 0.1) is 5.82 Å². The van der Waals surface area contributed by atoms with E-state index in [4.69, 9.17) is 4.74 Å². The normalized spacial score (nSPS) is 12.7. The summed E-state index contributed by atoms with van der Waals surface area (Å²) < 4.78 is 19.3. The van der Waals surface area contributed by atoms with Gasteiger partial charge in [0.2, 0.25) is 11.8 Å². The molecule has 5 nitrogen and oxygen atoms in total. The lowest BCUT2D eigenvalue weighted by Gasteiger charge is -2.30. The lowest BCUT2D eigenvalue weighted by molar-refractivity contribution is -0.140. The Bertz CT molecular complexity index is 823. The Morgan fingerprint density at radius 2 is 1.76 bits per heavy atom. The highest BCUT2D eigenvalue weighted by molar-refractivity contribution is 5.88. The summed E-state index contributed by atoms with van der Waals surface area (Å²) >= 11 is 0. The van der Waals surface area contributed by atoms with Crippen LogP contribution < -0.4 is 10.1 Å². The number of ether oxygens (including phenoxy) is 1. The summed E-state index contributed by atoms with van der Waals surface area (Å²) in [5, 5.41) is 2.90. The third-order valence-electron chi connectivity index (χ3n) is 4.98. The van der Waals surface area contributed by atoms with Crippen LogP contribution in [-0.2, 0) is 22.6 Å². The fraction of sp³-hybridized carbons (Fsp3) is 0.391. The largest absolute Gasteiger partial charge is 0.497 e. The van der Waals surface area contributed by atoms with Gasteiger partial charge in [0.25, 0.3) is 0 Å². The van der Waals surface area contributed by atoms with Crippen LogP contribution in [0.4, 0.5) is 4.39 Å². The Kier molecular flexibility index (Phi) is 8.19. The first-order valence-electron chi connectivity index (χ1n) is 9.81. The maximum atomic E-state index is 14.2. The molecule has 0 saturated carbocycles. The molecule has 2 rings (SSSR count). The topological polar surface area (TPSA) is 58.6 Å². The lowest BCUT2D eigenvalue weighted by Crippen LogP contribution is -2.50. The molecule has 29 heavy (non-hydrogen) atoms. The number of amides is 2. The molecule has 156 valence electrons. The van der Waals surface area contributed by atoms with E-state index in [1.165, 1.54) is 11.0 Å². The fourth-order valence-corrected chi connectivity index (χ4v) is 2.88. The zero-order valence-corrected chi connectivity index (χ0v) is 17.4. The second kappa shape index (κ2) is 10.6. The molecule has 2 amide bonds. The first-order chi connectivity index (χ1) is 13.8. The molecule has 0 aliphatic carbocycles. The van der Waals surface area contributed by atoms with E-state index in [9.17, 15) is 14.0 Å². The minimum atomic E-state index is -0.727. The van der Waals surface area contributed by atoms with Crippen molar-refractivity contribution in [1.29, 1.82) is 0 Å². The lowest BCUT2D eigenvalue weighted by atomic mass is 10.1. The van der Waals surface area contributed by atoms with Crippen molar-refractivity contribution in [3.05, 3.63) is 65.5 Å². The predicted molar refractivity (Wildman–Crippen MR) is 111 cm³/mol. The van der Waals surface area contributed by atoms with Crippen LogP contribution in [0.1, 0.15) is 38.3 Å². The number of hydrogen-bond donors (Lipinski definition) is 1. The molecule has 0 saturated heterocycles. The van der Waals surface area contributed by atoms with Gasteiger partial charge in [-0.25, -0.2) is 4.39 Å². The molecule has 2 aromatic carbocycles. The van der Waals surface area contributed by atoms with Gasteiger partial charge < -0.3 is 15.0 Å². The summed E-state index contributed by atoms with van der Waals surface area (Å²) in [6, 6.07) is 12.7. The van der Waals surface area contributed by atoms with Gasteiger partial charge in [-0.05, 0) is 44.0 Å². The van der Waals surface area contributed by atoms with Crippen molar-refractivity contribution >= 4 is 11.8 Å². The van der Waals surface area contributed by atoms with E-state index in [-0.39, 0.29) is 30.8 Å². The quantitative estimate of drug-likeness (QED) is 0.698. The molecule has 2 aromatic rings. The third-order valence-corrected chi connectivity index (χ3v) is 4.98. The number of nitrogens with zero attached hydrogens (tertiary/aromatic N) is 1. The Morgan fingerprint density at radius 3 is 2.34 bits per heavy atom. The minimum absolute atomic E-state index is 0.00282. The maximum Gasteiger partial charge on any atom is 0.242 e. The van der Waals surface area contributed by atoms with Crippen LogP contribution >= 0.6 is 0 Å². The van der Waals surface area contributed by atoms with Crippen molar-refractivity contribution in [1.82, 2.24) is 10.2 Å². The molecule has 2 atom stereocenters. The van der Waals surface area contributed by atoms with E-state index in [2.05, 4.69) is 5.32 Å². The Balaban J connectivity index is 2.23. The third kappa shape index (κ3) is 6.31. The number of methoxy groups -OCH3 is 1. The molecular formula is C23H29FN2O3. The molecule has 1 N–H and O–H groups in total. The van der Waals surface area contributed by atoms with Gasteiger partial charge in [0.15, 0.2) is 0 Å². The van der Waals surface area contributed by atoms with E-state index >= 15 is 0 Å². The monoisotopic (exact) mass is 400 g/mol. The SMILES string of the molecule is CC[C@H](C)NC(=O)[C@H](C)N(Cc1ccccc1F)C(=O)Cc1ccc(OC)cc1. The maximum absolute atomic E-state index is 14.2. The average molecular weight is 400 g/mol. The molecule has 0 heterocycles. The van der Waals surface area contributed by atoms with Gasteiger partial charge in [0.05, 0.1) is 13.5 Å². The van der Waals surface area contributed by atoms with Gasteiger partial charge in [-0.2, -0.15) is 0 Å². The van der Waals surface area contributed by atoms with Gasteiger partial charge >= 0.3 is 0 Å². The van der Waals surface area contributed by atoms with E-state index in [0.29, 0.717) is 11.3 Å². The molecule has 0 aliphatic rings. The van der Waals surface area contributed by atoms with Gasteiger partial charge in [0.1, 0.15) is 17.6 Å². The number of carbonyl (C=O) groups excluding carboxylic acids is 2. The second-order valence-corrected chi connectivity index (χ2v) is 7.13. The number of rotatable bonds is 9. The Hall–Kier alpha value is -2.89. The number of benzene rings is 2. The Labute approximate surface area is 171 Å². The molecule has 0 aromatic heterocycles. The first-order valence-corrected chi connectivity index (χ1v) is 9.81. The van der Waals surface area contributed by atoms with Crippen molar-refractivity contribution in [2.45, 2.75) is 52.2 Å². The standard InChI is InChI=1S/C23H29FN2O3/c1-5-16(2)25-23(28)17(3)26(15-19-8-6-7-9-21(19)24)22(27)14-18-10-12-20(29-4)13-11-18/h6-13,16-17H,5,14-15H2,1-4H3,(H,25,28)/t16-,17-/m0/s1. The van der Waals surface area contributed by atoms with Gasteiger partial charge in [-0.15, -0.1) is 0 Å². The number of halogens is 1. The van der Waals surface area contributed by atoms with Crippen LogP contribution in [0.15, 0.2) is 48.5 Å². The smallest absolute Gasteiger partial charge is 0.242 e. The van der Waals surface area contributed by atoms with E-state index in [1.54, 1.807) is 44.4 Å². The van der Waals surface area contributed by atoms with E-state index in [0.717, 1.165) is 12.0 Å². The van der Waals surface area contributed by atoms with Crippen LogP contribution in [-0.4, -0.2) is 35.9 Å². The summed E-state index contributed by atoms with van der Waals surface area (Å²) in [5.41, 5.74) is 1.17. The summed E-state index contributed by atoms with van der Waals surface area (Å²) in [7, 11) is 1.58. The summed E-state index contributed by atoms with van der Waals surface area (Å²) in [5.74, 6) is -0.195. The predicted octanol–water partition coefficient (Wildman–Crippen LogP) is 3.71. The molecule has 0 unspecified atom stereocenters. The highest BCUT2D eigenvalue weighted by Gasteiger charge is 2.27. The van der Waals surface area contributed by atoms with Crippen LogP contribution in [0.2, 0.25) is 0 Å². The zero-order chi connectivity index (χ0) is 21.4. The Morgan fingerprint density at radius 1 is 1.10 bits per heavy atom. The average Bonchev–Trinajstić information content (AvgIpc) is 2.72. The second-order valence-electron chi connectivity index (χ2n) is 7.13. The molecule has 6 heteroatoms. The van der Waals surface area contributed by atoms with Gasteiger partial charge in [0, 0.05) is 18.2 Å². The first kappa shape index (κ1) is 22.4. The molecule has 0 aliphatic heterocycles. The molecule has 0 fully saturated rings. The van der Waals surface area contributed by atoms with Crippen LogP contribution in [0.3, 0.4) is 0 Å². The number of hydrogen-bond acceptors (Lipinski definition) is 3. The fourth-order valence-electron chi connectivity index (χ4n) is 2.88. The van der Waals surface area contributed by atoms with Crippen molar-refractivity contribution in [2.24, 2.45) is 0 Å². The number of nitrogens with one attached hydrogen (secondary N) is 1. The van der Waals surface area contributed by atoms with Gasteiger partial charge in [-0.1, -0.05) is 37.3 Å². The molecule has 0 bridgehead atoms. The molecule has 0 spiro atoms. The van der Waals surface area contributed by atoms with Crippen molar-refractivity contribution in [3.63, 3.8) is 0 Å². The van der Waals surface area contributed by atoms with E-state index < -0.39 is 11.9 Å². The van der Waals surface area contributed by atoms with E-state index in [1.807, 2.05) is 26.0 Å². The zero-order valence-electron chi connectivity index (χ0n) is 17.4. The van der Waals surface area contributed by atoms with Crippen LogP contribution in [0.25, 0.3) is 0 Å². The summed E-state index contributed by atoms with van der Waals surface area (Å²) in [6.45, 7) is 5.58.